The molecule has 0 aliphatic carbocycles. The second-order valence-corrected chi connectivity index (χ2v) is 7.63. The molecule has 3 aromatic carbocycles. The van der Waals surface area contributed by atoms with Gasteiger partial charge >= 0.3 is 0 Å². The van der Waals surface area contributed by atoms with Crippen molar-refractivity contribution in [3.8, 4) is 5.75 Å². The van der Waals surface area contributed by atoms with Crippen molar-refractivity contribution in [2.45, 2.75) is 12.5 Å². The number of benzene rings is 3. The Labute approximate surface area is 178 Å². The van der Waals surface area contributed by atoms with Gasteiger partial charge in [0.1, 0.15) is 5.75 Å². The molecule has 1 heterocycles. The van der Waals surface area contributed by atoms with Gasteiger partial charge in [-0.2, -0.15) is 0 Å². The van der Waals surface area contributed by atoms with E-state index >= 15 is 0 Å². The van der Waals surface area contributed by atoms with Crippen LogP contribution in [-0.4, -0.2) is 49.0 Å². The molecule has 0 radical (unpaired) electrons. The van der Waals surface area contributed by atoms with Gasteiger partial charge in [-0.3, -0.25) is 9.69 Å². The summed E-state index contributed by atoms with van der Waals surface area (Å²) in [5, 5.41) is 0. The Kier molecular flexibility index (Phi) is 6.45. The first-order valence-corrected chi connectivity index (χ1v) is 10.5. The predicted molar refractivity (Wildman–Crippen MR) is 120 cm³/mol. The van der Waals surface area contributed by atoms with Crippen LogP contribution in [0.15, 0.2) is 84.9 Å². The monoisotopic (exact) mass is 400 g/mol. The van der Waals surface area contributed by atoms with Crippen LogP contribution in [0.4, 0.5) is 0 Å². The van der Waals surface area contributed by atoms with Gasteiger partial charge in [0.15, 0.2) is 0 Å². The third-order valence-corrected chi connectivity index (χ3v) is 5.80. The molecule has 0 spiro atoms. The minimum atomic E-state index is 0.162. The third-order valence-electron chi connectivity index (χ3n) is 5.80. The standard InChI is InChI=1S/C26H28N2O2/c1-30-24-15-9-8-14-23(24)20-25(29)27-16-18-28(19-17-27)26(21-10-4-2-5-11-21)22-12-6-3-7-13-22/h2-15,26H,16-20H2,1H3. The van der Waals surface area contributed by atoms with Crippen LogP contribution in [-0.2, 0) is 11.2 Å². The number of methoxy groups -OCH3 is 1. The Morgan fingerprint density at radius 1 is 0.800 bits per heavy atom. The van der Waals surface area contributed by atoms with Gasteiger partial charge in [-0.25, -0.2) is 0 Å². The molecule has 1 aliphatic heterocycles. The Morgan fingerprint density at radius 3 is 1.90 bits per heavy atom. The highest BCUT2D eigenvalue weighted by Gasteiger charge is 2.28. The van der Waals surface area contributed by atoms with E-state index in [0.717, 1.165) is 37.5 Å². The summed E-state index contributed by atoms with van der Waals surface area (Å²) in [7, 11) is 1.65. The van der Waals surface area contributed by atoms with Crippen molar-refractivity contribution < 1.29 is 9.53 Å². The van der Waals surface area contributed by atoms with E-state index in [-0.39, 0.29) is 11.9 Å². The number of nitrogens with zero attached hydrogens (tertiary/aromatic N) is 2. The zero-order chi connectivity index (χ0) is 20.8. The average Bonchev–Trinajstić information content (AvgIpc) is 2.81. The van der Waals surface area contributed by atoms with E-state index in [0.29, 0.717) is 6.42 Å². The van der Waals surface area contributed by atoms with Crippen LogP contribution in [0.1, 0.15) is 22.7 Å². The van der Waals surface area contributed by atoms with Gasteiger partial charge in [-0.15, -0.1) is 0 Å². The summed E-state index contributed by atoms with van der Waals surface area (Å²) in [6, 6.07) is 29.2. The van der Waals surface area contributed by atoms with Crippen LogP contribution < -0.4 is 4.74 Å². The molecule has 154 valence electrons. The molecule has 0 saturated carbocycles. The van der Waals surface area contributed by atoms with Gasteiger partial charge in [0.25, 0.3) is 0 Å². The lowest BCUT2D eigenvalue weighted by Gasteiger charge is -2.40. The summed E-state index contributed by atoms with van der Waals surface area (Å²) < 4.78 is 5.40. The zero-order valence-corrected chi connectivity index (χ0v) is 17.4. The Balaban J connectivity index is 1.45. The van der Waals surface area contributed by atoms with Crippen LogP contribution in [0.25, 0.3) is 0 Å². The second-order valence-electron chi connectivity index (χ2n) is 7.63. The number of carbonyl (C=O) groups is 1. The summed E-state index contributed by atoms with van der Waals surface area (Å²) in [6.45, 7) is 3.19. The van der Waals surface area contributed by atoms with Gasteiger partial charge < -0.3 is 9.64 Å². The average molecular weight is 401 g/mol. The third kappa shape index (κ3) is 4.55. The van der Waals surface area contributed by atoms with E-state index in [1.165, 1.54) is 11.1 Å². The van der Waals surface area contributed by atoms with Crippen LogP contribution in [0, 0.1) is 0 Å². The van der Waals surface area contributed by atoms with Crippen molar-refractivity contribution in [1.29, 1.82) is 0 Å². The maximum atomic E-state index is 12.9. The normalized spacial score (nSPS) is 14.7. The van der Waals surface area contributed by atoms with Crippen molar-refractivity contribution in [3.63, 3.8) is 0 Å². The maximum Gasteiger partial charge on any atom is 0.227 e. The van der Waals surface area contributed by atoms with E-state index in [1.54, 1.807) is 7.11 Å². The van der Waals surface area contributed by atoms with E-state index in [9.17, 15) is 4.79 Å². The molecule has 0 bridgehead atoms. The molecular weight excluding hydrogens is 372 g/mol. The quantitative estimate of drug-likeness (QED) is 0.623. The molecule has 3 aromatic rings. The molecule has 0 unspecified atom stereocenters. The van der Waals surface area contributed by atoms with E-state index in [4.69, 9.17) is 4.74 Å². The fraction of sp³-hybridized carbons (Fsp3) is 0.269. The molecular formula is C26H28N2O2. The fourth-order valence-corrected chi connectivity index (χ4v) is 4.24. The number of hydrogen-bond donors (Lipinski definition) is 0. The summed E-state index contributed by atoms with van der Waals surface area (Å²) in [6.07, 6.45) is 0.380. The zero-order valence-electron chi connectivity index (χ0n) is 17.4. The summed E-state index contributed by atoms with van der Waals surface area (Å²) in [4.78, 5) is 17.4. The highest BCUT2D eigenvalue weighted by atomic mass is 16.5. The molecule has 4 nitrogen and oxygen atoms in total. The minimum absolute atomic E-state index is 0.162. The van der Waals surface area contributed by atoms with Gasteiger partial charge in [-0.1, -0.05) is 78.9 Å². The molecule has 1 fully saturated rings. The van der Waals surface area contributed by atoms with Crippen LogP contribution >= 0.6 is 0 Å². The van der Waals surface area contributed by atoms with Gasteiger partial charge in [0.05, 0.1) is 19.6 Å². The molecule has 0 N–H and O–H groups in total. The molecule has 0 atom stereocenters. The van der Waals surface area contributed by atoms with Crippen molar-refractivity contribution in [3.05, 3.63) is 102 Å². The molecule has 1 saturated heterocycles. The predicted octanol–water partition coefficient (Wildman–Crippen LogP) is 4.17. The minimum Gasteiger partial charge on any atom is -0.496 e. The summed E-state index contributed by atoms with van der Waals surface area (Å²) >= 11 is 0. The molecule has 4 heteroatoms. The number of para-hydroxylation sites is 1. The first kappa shape index (κ1) is 20.2. The number of hydrogen-bond acceptors (Lipinski definition) is 3. The number of ether oxygens (including phenoxy) is 1. The fourth-order valence-electron chi connectivity index (χ4n) is 4.24. The Hall–Kier alpha value is -3.11. The van der Waals surface area contributed by atoms with E-state index in [2.05, 4.69) is 65.6 Å². The number of rotatable bonds is 6. The maximum absolute atomic E-state index is 12.9. The lowest BCUT2D eigenvalue weighted by atomic mass is 9.96. The Morgan fingerprint density at radius 2 is 1.33 bits per heavy atom. The summed E-state index contributed by atoms with van der Waals surface area (Å²) in [5.74, 6) is 0.938. The van der Waals surface area contributed by atoms with Crippen LogP contribution in [0.3, 0.4) is 0 Å². The van der Waals surface area contributed by atoms with E-state index < -0.39 is 0 Å². The molecule has 0 aromatic heterocycles. The van der Waals surface area contributed by atoms with Crippen molar-refractivity contribution in [2.75, 3.05) is 33.3 Å². The molecule has 1 aliphatic rings. The van der Waals surface area contributed by atoms with Gasteiger partial charge in [0, 0.05) is 31.7 Å². The van der Waals surface area contributed by atoms with E-state index in [1.807, 2.05) is 29.2 Å². The van der Waals surface area contributed by atoms with Crippen LogP contribution in [0.5, 0.6) is 5.75 Å². The number of amides is 1. The smallest absolute Gasteiger partial charge is 0.227 e. The lowest BCUT2D eigenvalue weighted by molar-refractivity contribution is -0.132. The highest BCUT2D eigenvalue weighted by molar-refractivity contribution is 5.79. The number of carbonyl (C=O) groups excluding carboxylic acids is 1. The van der Waals surface area contributed by atoms with Crippen molar-refractivity contribution in [2.24, 2.45) is 0 Å². The van der Waals surface area contributed by atoms with Crippen molar-refractivity contribution >= 4 is 5.91 Å². The molecule has 30 heavy (non-hydrogen) atoms. The van der Waals surface area contributed by atoms with Crippen molar-refractivity contribution in [1.82, 2.24) is 9.80 Å². The largest absolute Gasteiger partial charge is 0.496 e. The van der Waals surface area contributed by atoms with Gasteiger partial charge in [-0.05, 0) is 17.2 Å². The topological polar surface area (TPSA) is 32.8 Å². The SMILES string of the molecule is COc1ccccc1CC(=O)N1CCN(C(c2ccccc2)c2ccccc2)CC1. The van der Waals surface area contributed by atoms with Crippen LogP contribution in [0.2, 0.25) is 0 Å². The highest BCUT2D eigenvalue weighted by Crippen LogP contribution is 2.29. The Bertz CT molecular complexity index is 912. The molecule has 1 amide bonds. The molecule has 4 rings (SSSR count). The first-order chi connectivity index (χ1) is 14.8. The van der Waals surface area contributed by atoms with Gasteiger partial charge in [0.2, 0.25) is 5.91 Å². The first-order valence-electron chi connectivity index (χ1n) is 10.5. The summed E-state index contributed by atoms with van der Waals surface area (Å²) in [5.41, 5.74) is 3.52. The lowest BCUT2D eigenvalue weighted by Crippen LogP contribution is -2.50. The second kappa shape index (κ2) is 9.59. The number of piperazine rings is 1.